The second-order valence-corrected chi connectivity index (χ2v) is 4.07. The molecule has 2 aromatic rings. The van der Waals surface area contributed by atoms with Gasteiger partial charge in [0.2, 0.25) is 0 Å². The summed E-state index contributed by atoms with van der Waals surface area (Å²) >= 11 is 0. The third kappa shape index (κ3) is 2.63. The van der Waals surface area contributed by atoms with Crippen LogP contribution in [0.15, 0.2) is 36.7 Å². The van der Waals surface area contributed by atoms with Gasteiger partial charge in [0, 0.05) is 32.1 Å². The molecular weight excluding hydrogens is 232 g/mol. The molecule has 1 aromatic heterocycles. The van der Waals surface area contributed by atoms with E-state index in [0.29, 0.717) is 6.54 Å². The maximum atomic E-state index is 11.8. The van der Waals surface area contributed by atoms with Crippen LogP contribution >= 0.6 is 0 Å². The van der Waals surface area contributed by atoms with E-state index >= 15 is 0 Å². The molecular formula is C13H14N2O3. The van der Waals surface area contributed by atoms with Crippen LogP contribution in [0.1, 0.15) is 15.9 Å². The monoisotopic (exact) mass is 246 g/mol. The van der Waals surface area contributed by atoms with E-state index in [-0.39, 0.29) is 23.0 Å². The molecule has 1 heterocycles. The molecule has 0 bridgehead atoms. The molecule has 5 nitrogen and oxygen atoms in total. The second kappa shape index (κ2) is 4.83. The summed E-state index contributed by atoms with van der Waals surface area (Å²) in [6, 6.07) is 5.77. The van der Waals surface area contributed by atoms with Gasteiger partial charge in [-0.3, -0.25) is 4.79 Å². The van der Waals surface area contributed by atoms with Gasteiger partial charge >= 0.3 is 0 Å². The van der Waals surface area contributed by atoms with Crippen LogP contribution in [0.3, 0.4) is 0 Å². The number of aromatic hydroxyl groups is 2. The van der Waals surface area contributed by atoms with Crippen molar-refractivity contribution in [2.24, 2.45) is 7.05 Å². The predicted octanol–water partition coefficient (Wildman–Crippen LogP) is 1.37. The number of rotatable bonds is 3. The number of benzene rings is 1. The summed E-state index contributed by atoms with van der Waals surface area (Å²) in [5, 5.41) is 21.4. The highest BCUT2D eigenvalue weighted by Gasteiger charge is 2.11. The first-order chi connectivity index (χ1) is 8.56. The first kappa shape index (κ1) is 12.0. The maximum absolute atomic E-state index is 11.8. The number of aromatic nitrogens is 1. The highest BCUT2D eigenvalue weighted by molar-refractivity contribution is 5.96. The number of nitrogens with zero attached hydrogens (tertiary/aromatic N) is 1. The molecule has 3 N–H and O–H groups in total. The van der Waals surface area contributed by atoms with Crippen molar-refractivity contribution in [3.63, 3.8) is 0 Å². The van der Waals surface area contributed by atoms with Gasteiger partial charge in [0.25, 0.3) is 5.91 Å². The lowest BCUT2D eigenvalue weighted by Gasteiger charge is -2.06. The Morgan fingerprint density at radius 3 is 2.72 bits per heavy atom. The number of carbonyl (C=O) groups is 1. The third-order valence-electron chi connectivity index (χ3n) is 2.57. The van der Waals surface area contributed by atoms with Crippen LogP contribution in [0, 0.1) is 0 Å². The molecule has 1 aromatic carbocycles. The summed E-state index contributed by atoms with van der Waals surface area (Å²) < 4.78 is 1.89. The summed E-state index contributed by atoms with van der Waals surface area (Å²) in [6.07, 6.45) is 3.79. The second-order valence-electron chi connectivity index (χ2n) is 4.07. The van der Waals surface area contributed by atoms with Gasteiger partial charge in [0.1, 0.15) is 11.5 Å². The molecule has 0 atom stereocenters. The van der Waals surface area contributed by atoms with Gasteiger partial charge in [-0.2, -0.15) is 0 Å². The zero-order chi connectivity index (χ0) is 13.1. The summed E-state index contributed by atoms with van der Waals surface area (Å²) in [5.41, 5.74) is 1.12. The number of hydrogen-bond acceptors (Lipinski definition) is 3. The van der Waals surface area contributed by atoms with Crippen molar-refractivity contribution >= 4 is 5.91 Å². The standard InChI is InChI=1S/C13H14N2O3/c1-15-5-4-9(8-15)7-14-13(18)11-3-2-10(16)6-12(11)17/h2-6,8,16-17H,7H2,1H3,(H,14,18). The Morgan fingerprint density at radius 1 is 1.33 bits per heavy atom. The quantitative estimate of drug-likeness (QED) is 0.765. The molecule has 0 aliphatic rings. The van der Waals surface area contributed by atoms with E-state index in [1.54, 1.807) is 0 Å². The summed E-state index contributed by atoms with van der Waals surface area (Å²) in [4.78, 5) is 11.8. The summed E-state index contributed by atoms with van der Waals surface area (Å²) in [5.74, 6) is -0.691. The van der Waals surface area contributed by atoms with Crippen LogP contribution in [0.2, 0.25) is 0 Å². The fourth-order valence-corrected chi connectivity index (χ4v) is 1.66. The van der Waals surface area contributed by atoms with E-state index in [1.165, 1.54) is 12.1 Å². The molecule has 18 heavy (non-hydrogen) atoms. The van der Waals surface area contributed by atoms with Crippen LogP contribution < -0.4 is 5.32 Å². The number of aryl methyl sites for hydroxylation is 1. The van der Waals surface area contributed by atoms with Crippen LogP contribution in [0.4, 0.5) is 0 Å². The normalized spacial score (nSPS) is 10.3. The lowest BCUT2D eigenvalue weighted by Crippen LogP contribution is -2.22. The van der Waals surface area contributed by atoms with Crippen LogP contribution in [-0.2, 0) is 13.6 Å². The van der Waals surface area contributed by atoms with E-state index in [9.17, 15) is 9.90 Å². The number of hydrogen-bond donors (Lipinski definition) is 3. The van der Waals surface area contributed by atoms with Crippen molar-refractivity contribution in [1.82, 2.24) is 9.88 Å². The number of nitrogens with one attached hydrogen (secondary N) is 1. The highest BCUT2D eigenvalue weighted by Crippen LogP contribution is 2.22. The molecule has 0 radical (unpaired) electrons. The fourth-order valence-electron chi connectivity index (χ4n) is 1.66. The molecule has 5 heteroatoms. The van der Waals surface area contributed by atoms with Gasteiger partial charge in [0.05, 0.1) is 5.56 Å². The molecule has 0 saturated heterocycles. The van der Waals surface area contributed by atoms with Crippen molar-refractivity contribution in [3.8, 4) is 11.5 Å². The Balaban J connectivity index is 2.03. The van der Waals surface area contributed by atoms with E-state index in [1.807, 2.05) is 30.1 Å². The number of phenols is 2. The van der Waals surface area contributed by atoms with E-state index in [4.69, 9.17) is 5.11 Å². The Labute approximate surface area is 104 Å². The summed E-state index contributed by atoms with van der Waals surface area (Å²) in [7, 11) is 1.90. The van der Waals surface area contributed by atoms with Crippen LogP contribution in [-0.4, -0.2) is 20.7 Å². The average Bonchev–Trinajstić information content (AvgIpc) is 2.72. The minimum absolute atomic E-state index is 0.0768. The molecule has 0 aliphatic carbocycles. The number of carbonyl (C=O) groups excluding carboxylic acids is 1. The molecule has 0 unspecified atom stereocenters. The Bertz CT molecular complexity index is 575. The van der Waals surface area contributed by atoms with Gasteiger partial charge in [-0.05, 0) is 23.8 Å². The average molecular weight is 246 g/mol. The Morgan fingerprint density at radius 2 is 2.11 bits per heavy atom. The Kier molecular flexibility index (Phi) is 3.23. The fraction of sp³-hybridized carbons (Fsp3) is 0.154. The first-order valence-corrected chi connectivity index (χ1v) is 5.47. The van der Waals surface area contributed by atoms with Gasteiger partial charge in [-0.1, -0.05) is 0 Å². The topological polar surface area (TPSA) is 74.5 Å². The predicted molar refractivity (Wildman–Crippen MR) is 66.4 cm³/mol. The van der Waals surface area contributed by atoms with Crippen molar-refractivity contribution < 1.29 is 15.0 Å². The Hall–Kier alpha value is -2.43. The maximum Gasteiger partial charge on any atom is 0.255 e. The molecule has 94 valence electrons. The van der Waals surface area contributed by atoms with Gasteiger partial charge in [0.15, 0.2) is 0 Å². The molecule has 0 aliphatic heterocycles. The zero-order valence-electron chi connectivity index (χ0n) is 9.92. The molecule has 0 saturated carbocycles. The highest BCUT2D eigenvalue weighted by atomic mass is 16.3. The summed E-state index contributed by atoms with van der Waals surface area (Å²) in [6.45, 7) is 0.389. The van der Waals surface area contributed by atoms with Crippen LogP contribution in [0.25, 0.3) is 0 Å². The lowest BCUT2D eigenvalue weighted by molar-refractivity contribution is 0.0948. The van der Waals surface area contributed by atoms with Crippen molar-refractivity contribution in [2.75, 3.05) is 0 Å². The van der Waals surface area contributed by atoms with Gasteiger partial charge in [-0.15, -0.1) is 0 Å². The minimum atomic E-state index is -0.378. The molecule has 1 amide bonds. The third-order valence-corrected chi connectivity index (χ3v) is 2.57. The number of phenolic OH excluding ortho intramolecular Hbond substituents is 2. The van der Waals surface area contributed by atoms with Crippen LogP contribution in [0.5, 0.6) is 11.5 Å². The van der Waals surface area contributed by atoms with Gasteiger partial charge in [-0.25, -0.2) is 0 Å². The molecule has 0 spiro atoms. The van der Waals surface area contributed by atoms with Crippen molar-refractivity contribution in [2.45, 2.75) is 6.54 Å². The molecule has 0 fully saturated rings. The first-order valence-electron chi connectivity index (χ1n) is 5.47. The minimum Gasteiger partial charge on any atom is -0.508 e. The van der Waals surface area contributed by atoms with E-state index in [2.05, 4.69) is 5.32 Å². The molecule has 2 rings (SSSR count). The van der Waals surface area contributed by atoms with E-state index < -0.39 is 0 Å². The van der Waals surface area contributed by atoms with Crippen molar-refractivity contribution in [1.29, 1.82) is 0 Å². The van der Waals surface area contributed by atoms with E-state index in [0.717, 1.165) is 11.6 Å². The zero-order valence-corrected chi connectivity index (χ0v) is 9.92. The largest absolute Gasteiger partial charge is 0.508 e. The number of amides is 1. The van der Waals surface area contributed by atoms with Gasteiger partial charge < -0.3 is 20.1 Å². The van der Waals surface area contributed by atoms with Crippen molar-refractivity contribution in [3.05, 3.63) is 47.8 Å². The lowest BCUT2D eigenvalue weighted by atomic mass is 10.1. The smallest absolute Gasteiger partial charge is 0.255 e. The SMILES string of the molecule is Cn1ccc(CNC(=O)c2ccc(O)cc2O)c1.